The summed E-state index contributed by atoms with van der Waals surface area (Å²) in [4.78, 5) is 15.9. The molecule has 1 heterocycles. The van der Waals surface area contributed by atoms with Crippen molar-refractivity contribution in [3.8, 4) is 5.75 Å². The van der Waals surface area contributed by atoms with Gasteiger partial charge in [0.2, 0.25) is 6.08 Å². The van der Waals surface area contributed by atoms with Gasteiger partial charge in [0.25, 0.3) is 0 Å². The number of hydrogen-bond acceptors (Lipinski definition) is 4. The average molecular weight is 204 g/mol. The van der Waals surface area contributed by atoms with Crippen LogP contribution in [0.4, 0.5) is 5.69 Å². The fourth-order valence-electron chi connectivity index (χ4n) is 1.63. The third-order valence-electron chi connectivity index (χ3n) is 2.39. The highest BCUT2D eigenvalue weighted by Gasteiger charge is 2.12. The van der Waals surface area contributed by atoms with Crippen LogP contribution in [0.25, 0.3) is 0 Å². The van der Waals surface area contributed by atoms with E-state index in [1.165, 1.54) is 6.08 Å². The number of hydrogen-bond donors (Lipinski definition) is 0. The molecule has 2 rings (SSSR count). The summed E-state index contributed by atoms with van der Waals surface area (Å²) in [5.74, 6) is 0.879. The number of aliphatic imine (C=N–C) groups is 1. The van der Waals surface area contributed by atoms with Crippen molar-refractivity contribution in [2.75, 3.05) is 20.2 Å². The Kier molecular flexibility index (Phi) is 2.81. The van der Waals surface area contributed by atoms with Crippen LogP contribution in [0.15, 0.2) is 23.2 Å². The molecule has 0 aliphatic carbocycles. The fraction of sp³-hybridized carbons (Fsp3) is 0.364. The molecule has 4 heteroatoms. The maximum atomic E-state index is 10.1. The molecule has 0 bridgehead atoms. The van der Waals surface area contributed by atoms with E-state index in [1.54, 1.807) is 6.07 Å². The van der Waals surface area contributed by atoms with Gasteiger partial charge in [0.05, 0.1) is 5.69 Å². The Hall–Kier alpha value is -1.64. The lowest BCUT2D eigenvalue weighted by molar-refractivity contribution is 0.259. The van der Waals surface area contributed by atoms with Gasteiger partial charge in [-0.05, 0) is 25.2 Å². The van der Waals surface area contributed by atoms with Gasteiger partial charge in [-0.3, -0.25) is 4.90 Å². The van der Waals surface area contributed by atoms with Crippen molar-refractivity contribution in [3.63, 3.8) is 0 Å². The lowest BCUT2D eigenvalue weighted by atomic mass is 10.1. The van der Waals surface area contributed by atoms with Gasteiger partial charge in [0, 0.05) is 18.7 Å². The Morgan fingerprint density at radius 2 is 2.40 bits per heavy atom. The minimum absolute atomic E-state index is 0.627. The Bertz CT molecular complexity index is 411. The quantitative estimate of drug-likeness (QED) is 0.514. The second-order valence-corrected chi connectivity index (χ2v) is 3.58. The van der Waals surface area contributed by atoms with Gasteiger partial charge in [-0.1, -0.05) is 0 Å². The van der Waals surface area contributed by atoms with Gasteiger partial charge in [0.1, 0.15) is 12.4 Å². The summed E-state index contributed by atoms with van der Waals surface area (Å²) in [7, 11) is 2.04. The van der Waals surface area contributed by atoms with Crippen molar-refractivity contribution in [3.05, 3.63) is 23.8 Å². The van der Waals surface area contributed by atoms with E-state index < -0.39 is 0 Å². The molecule has 0 spiro atoms. The van der Waals surface area contributed by atoms with Crippen LogP contribution in [0.3, 0.4) is 0 Å². The number of benzene rings is 1. The van der Waals surface area contributed by atoms with E-state index in [2.05, 4.69) is 9.89 Å². The zero-order chi connectivity index (χ0) is 10.7. The van der Waals surface area contributed by atoms with Gasteiger partial charge in [0.15, 0.2) is 0 Å². The molecule has 0 fully saturated rings. The molecule has 0 radical (unpaired) electrons. The molecule has 4 nitrogen and oxygen atoms in total. The lowest BCUT2D eigenvalue weighted by Crippen LogP contribution is -2.20. The van der Waals surface area contributed by atoms with E-state index in [9.17, 15) is 4.79 Å². The van der Waals surface area contributed by atoms with Gasteiger partial charge in [-0.25, -0.2) is 4.79 Å². The van der Waals surface area contributed by atoms with E-state index in [1.807, 2.05) is 19.2 Å². The third-order valence-corrected chi connectivity index (χ3v) is 2.39. The first-order valence-corrected chi connectivity index (χ1v) is 4.82. The SMILES string of the molecule is CN1CCOc2ccc(N=C=O)cc2C1. The number of carbonyl (C=O) groups excluding carboxylic acids is 1. The fourth-order valence-corrected chi connectivity index (χ4v) is 1.63. The van der Waals surface area contributed by atoms with E-state index in [0.29, 0.717) is 12.3 Å². The molecule has 78 valence electrons. The predicted octanol–water partition coefficient (Wildman–Crippen LogP) is 1.48. The van der Waals surface area contributed by atoms with Crippen LogP contribution < -0.4 is 4.74 Å². The highest BCUT2D eigenvalue weighted by Crippen LogP contribution is 2.26. The molecule has 1 aliphatic rings. The van der Waals surface area contributed by atoms with E-state index in [0.717, 1.165) is 24.4 Å². The summed E-state index contributed by atoms with van der Waals surface area (Å²) in [5, 5.41) is 0. The van der Waals surface area contributed by atoms with Gasteiger partial charge in [-0.15, -0.1) is 0 Å². The molecule has 1 aliphatic heterocycles. The molecule has 0 aromatic heterocycles. The molecule has 1 aromatic carbocycles. The lowest BCUT2D eigenvalue weighted by Gasteiger charge is -2.11. The van der Waals surface area contributed by atoms with Crippen molar-refractivity contribution in [1.29, 1.82) is 0 Å². The number of nitrogens with zero attached hydrogens (tertiary/aromatic N) is 2. The van der Waals surface area contributed by atoms with Crippen LogP contribution in [-0.4, -0.2) is 31.2 Å². The van der Waals surface area contributed by atoms with Gasteiger partial charge in [-0.2, -0.15) is 4.99 Å². The molecule has 0 saturated heterocycles. The molecule has 15 heavy (non-hydrogen) atoms. The molecule has 0 atom stereocenters. The Morgan fingerprint density at radius 1 is 1.53 bits per heavy atom. The van der Waals surface area contributed by atoms with Crippen molar-refractivity contribution in [1.82, 2.24) is 4.90 Å². The first-order chi connectivity index (χ1) is 7.29. The van der Waals surface area contributed by atoms with Crippen LogP contribution in [-0.2, 0) is 11.3 Å². The summed E-state index contributed by atoms with van der Waals surface area (Å²) in [6, 6.07) is 5.47. The van der Waals surface area contributed by atoms with Crippen LogP contribution >= 0.6 is 0 Å². The number of fused-ring (bicyclic) bond motifs is 1. The summed E-state index contributed by atoms with van der Waals surface area (Å²) in [6.07, 6.45) is 1.54. The highest BCUT2D eigenvalue weighted by molar-refractivity contribution is 5.53. The van der Waals surface area contributed by atoms with Crippen LogP contribution in [0.2, 0.25) is 0 Å². The van der Waals surface area contributed by atoms with Crippen LogP contribution in [0, 0.1) is 0 Å². The summed E-state index contributed by atoms with van der Waals surface area (Å²) in [6.45, 7) is 2.41. The van der Waals surface area contributed by atoms with E-state index in [-0.39, 0.29) is 0 Å². The zero-order valence-electron chi connectivity index (χ0n) is 8.56. The summed E-state index contributed by atoms with van der Waals surface area (Å²) < 4.78 is 5.57. The Balaban J connectivity index is 2.36. The van der Waals surface area contributed by atoms with Crippen molar-refractivity contribution >= 4 is 11.8 Å². The van der Waals surface area contributed by atoms with Crippen LogP contribution in [0.5, 0.6) is 5.75 Å². The molecular weight excluding hydrogens is 192 g/mol. The Morgan fingerprint density at radius 3 is 3.20 bits per heavy atom. The van der Waals surface area contributed by atoms with E-state index in [4.69, 9.17) is 4.74 Å². The second kappa shape index (κ2) is 4.26. The molecule has 0 amide bonds. The average Bonchev–Trinajstić information content (AvgIpc) is 2.38. The molecule has 0 N–H and O–H groups in total. The number of ether oxygens (including phenoxy) is 1. The van der Waals surface area contributed by atoms with Crippen LogP contribution in [0.1, 0.15) is 5.56 Å². The maximum Gasteiger partial charge on any atom is 0.240 e. The molecular formula is C11H12N2O2. The number of isocyanates is 1. The van der Waals surface area contributed by atoms with Gasteiger partial charge >= 0.3 is 0 Å². The smallest absolute Gasteiger partial charge is 0.240 e. The predicted molar refractivity (Wildman–Crippen MR) is 56.1 cm³/mol. The summed E-state index contributed by atoms with van der Waals surface area (Å²) >= 11 is 0. The minimum atomic E-state index is 0.627. The first kappa shape index (κ1) is 9.90. The zero-order valence-corrected chi connectivity index (χ0v) is 8.56. The molecule has 0 saturated carbocycles. The Labute approximate surface area is 88.2 Å². The van der Waals surface area contributed by atoms with Gasteiger partial charge < -0.3 is 4.74 Å². The first-order valence-electron chi connectivity index (χ1n) is 4.82. The van der Waals surface area contributed by atoms with Crippen molar-refractivity contribution in [2.24, 2.45) is 4.99 Å². The second-order valence-electron chi connectivity index (χ2n) is 3.58. The largest absolute Gasteiger partial charge is 0.492 e. The standard InChI is InChI=1S/C11H12N2O2/c1-13-4-5-15-11-3-2-10(12-8-14)6-9(11)7-13/h2-3,6H,4-5,7H2,1H3. The topological polar surface area (TPSA) is 41.9 Å². The molecule has 0 unspecified atom stereocenters. The third kappa shape index (κ3) is 2.24. The molecule has 1 aromatic rings. The monoisotopic (exact) mass is 204 g/mol. The number of likely N-dealkylation sites (N-methyl/N-ethyl adjacent to an activating group) is 1. The van der Waals surface area contributed by atoms with Crippen molar-refractivity contribution < 1.29 is 9.53 Å². The summed E-state index contributed by atoms with van der Waals surface area (Å²) in [5.41, 5.74) is 1.69. The number of rotatable bonds is 1. The minimum Gasteiger partial charge on any atom is -0.492 e. The normalized spacial score (nSPS) is 15.8. The highest BCUT2D eigenvalue weighted by atomic mass is 16.5. The van der Waals surface area contributed by atoms with Crippen molar-refractivity contribution in [2.45, 2.75) is 6.54 Å². The van der Waals surface area contributed by atoms with E-state index >= 15 is 0 Å². The maximum absolute atomic E-state index is 10.1.